The molecule has 0 saturated heterocycles. The van der Waals surface area contributed by atoms with Crippen LogP contribution in [0.1, 0.15) is 12.5 Å². The van der Waals surface area contributed by atoms with Crippen LogP contribution in [-0.4, -0.2) is 29.7 Å². The minimum Gasteiger partial charge on any atom is -0.395 e. The van der Waals surface area contributed by atoms with E-state index in [4.69, 9.17) is 5.11 Å². The molecule has 1 aromatic carbocycles. The highest BCUT2D eigenvalue weighted by Crippen LogP contribution is 2.13. The SMILES string of the molecule is CC(CO)N(C)Cc1cccc(F)c1F. The summed E-state index contributed by atoms with van der Waals surface area (Å²) in [5.41, 5.74) is 0.304. The van der Waals surface area contributed by atoms with Crippen LogP contribution in [0, 0.1) is 11.6 Å². The van der Waals surface area contributed by atoms with Gasteiger partial charge >= 0.3 is 0 Å². The van der Waals surface area contributed by atoms with Gasteiger partial charge in [0, 0.05) is 18.2 Å². The largest absolute Gasteiger partial charge is 0.395 e. The summed E-state index contributed by atoms with van der Waals surface area (Å²) in [6.07, 6.45) is 0. The third-order valence-electron chi connectivity index (χ3n) is 2.47. The Morgan fingerprint density at radius 2 is 2.07 bits per heavy atom. The maximum atomic E-state index is 13.3. The smallest absolute Gasteiger partial charge is 0.163 e. The van der Waals surface area contributed by atoms with Crippen molar-refractivity contribution >= 4 is 0 Å². The predicted molar refractivity (Wildman–Crippen MR) is 54.4 cm³/mol. The molecule has 1 rings (SSSR count). The summed E-state index contributed by atoms with van der Waals surface area (Å²) in [4.78, 5) is 1.76. The van der Waals surface area contributed by atoms with Crippen LogP contribution < -0.4 is 0 Å². The Labute approximate surface area is 88.1 Å². The number of benzene rings is 1. The fraction of sp³-hybridized carbons (Fsp3) is 0.455. The third kappa shape index (κ3) is 2.97. The second-order valence-electron chi connectivity index (χ2n) is 3.66. The van der Waals surface area contributed by atoms with Crippen LogP contribution >= 0.6 is 0 Å². The van der Waals surface area contributed by atoms with Gasteiger partial charge in [0.25, 0.3) is 0 Å². The third-order valence-corrected chi connectivity index (χ3v) is 2.47. The lowest BCUT2D eigenvalue weighted by molar-refractivity contribution is 0.152. The molecule has 0 heterocycles. The van der Waals surface area contributed by atoms with Crippen molar-refractivity contribution < 1.29 is 13.9 Å². The molecule has 0 radical (unpaired) electrons. The van der Waals surface area contributed by atoms with Crippen LogP contribution in [0.15, 0.2) is 18.2 Å². The zero-order chi connectivity index (χ0) is 11.4. The monoisotopic (exact) mass is 215 g/mol. The van der Waals surface area contributed by atoms with Crippen LogP contribution in [0.3, 0.4) is 0 Å². The van der Waals surface area contributed by atoms with E-state index in [1.165, 1.54) is 6.07 Å². The predicted octanol–water partition coefficient (Wildman–Crippen LogP) is 1.78. The Bertz CT molecular complexity index is 330. The summed E-state index contributed by atoms with van der Waals surface area (Å²) in [7, 11) is 1.76. The van der Waals surface area contributed by atoms with E-state index < -0.39 is 11.6 Å². The van der Waals surface area contributed by atoms with Crippen molar-refractivity contribution in [3.8, 4) is 0 Å². The Balaban J connectivity index is 2.76. The van der Waals surface area contributed by atoms with Gasteiger partial charge in [-0.25, -0.2) is 8.78 Å². The summed E-state index contributed by atoms with van der Waals surface area (Å²) in [6, 6.07) is 4.03. The highest BCUT2D eigenvalue weighted by Gasteiger charge is 2.12. The average Bonchev–Trinajstić information content (AvgIpc) is 2.23. The lowest BCUT2D eigenvalue weighted by Crippen LogP contribution is -2.31. The van der Waals surface area contributed by atoms with E-state index in [0.717, 1.165) is 6.07 Å². The van der Waals surface area contributed by atoms with Crippen LogP contribution in [0.5, 0.6) is 0 Å². The standard InChI is InChI=1S/C11H15F2NO/c1-8(7-15)14(2)6-9-4-3-5-10(12)11(9)13/h3-5,8,15H,6-7H2,1-2H3. The minimum atomic E-state index is -0.836. The van der Waals surface area contributed by atoms with Crippen LogP contribution in [0.2, 0.25) is 0 Å². The lowest BCUT2D eigenvalue weighted by Gasteiger charge is -2.22. The zero-order valence-electron chi connectivity index (χ0n) is 8.87. The van der Waals surface area contributed by atoms with E-state index in [1.807, 2.05) is 6.92 Å². The first-order chi connectivity index (χ1) is 7.06. The molecular weight excluding hydrogens is 200 g/mol. The Morgan fingerprint density at radius 1 is 1.40 bits per heavy atom. The lowest BCUT2D eigenvalue weighted by atomic mass is 10.2. The normalized spacial score (nSPS) is 13.2. The summed E-state index contributed by atoms with van der Waals surface area (Å²) in [5, 5.41) is 8.90. The number of halogens is 2. The Hall–Kier alpha value is -1.00. The molecular formula is C11H15F2NO. The molecule has 1 N–H and O–H groups in total. The molecule has 1 aromatic rings. The van der Waals surface area contributed by atoms with Crippen molar-refractivity contribution in [1.82, 2.24) is 4.90 Å². The molecule has 2 nitrogen and oxygen atoms in total. The first-order valence-electron chi connectivity index (χ1n) is 4.80. The molecule has 0 spiro atoms. The van der Waals surface area contributed by atoms with Crippen molar-refractivity contribution in [2.24, 2.45) is 0 Å². The summed E-state index contributed by atoms with van der Waals surface area (Å²) in [5.74, 6) is -1.65. The Kier molecular flexibility index (Phi) is 4.17. The number of aliphatic hydroxyl groups excluding tert-OH is 1. The van der Waals surface area contributed by atoms with Gasteiger partial charge in [-0.2, -0.15) is 0 Å². The molecule has 0 bridgehead atoms. The second kappa shape index (κ2) is 5.19. The van der Waals surface area contributed by atoms with E-state index in [2.05, 4.69) is 0 Å². The van der Waals surface area contributed by atoms with Crippen molar-refractivity contribution in [2.75, 3.05) is 13.7 Å². The van der Waals surface area contributed by atoms with Gasteiger partial charge in [-0.1, -0.05) is 12.1 Å². The second-order valence-corrected chi connectivity index (χ2v) is 3.66. The quantitative estimate of drug-likeness (QED) is 0.827. The Morgan fingerprint density at radius 3 is 2.67 bits per heavy atom. The van der Waals surface area contributed by atoms with Gasteiger partial charge < -0.3 is 5.11 Å². The summed E-state index contributed by atoms with van der Waals surface area (Å²) in [6.45, 7) is 2.09. The highest BCUT2D eigenvalue weighted by atomic mass is 19.2. The molecule has 0 aliphatic carbocycles. The number of hydrogen-bond donors (Lipinski definition) is 1. The van der Waals surface area contributed by atoms with Gasteiger partial charge in [0.1, 0.15) is 0 Å². The summed E-state index contributed by atoms with van der Waals surface area (Å²) < 4.78 is 26.1. The molecule has 84 valence electrons. The fourth-order valence-electron chi connectivity index (χ4n) is 1.23. The van der Waals surface area contributed by atoms with E-state index in [9.17, 15) is 8.78 Å². The molecule has 0 fully saturated rings. The molecule has 15 heavy (non-hydrogen) atoms. The van der Waals surface area contributed by atoms with Gasteiger partial charge in [0.05, 0.1) is 6.61 Å². The first-order valence-corrected chi connectivity index (χ1v) is 4.80. The van der Waals surface area contributed by atoms with Crippen molar-refractivity contribution in [3.63, 3.8) is 0 Å². The van der Waals surface area contributed by atoms with Crippen molar-refractivity contribution in [3.05, 3.63) is 35.4 Å². The van der Waals surface area contributed by atoms with E-state index >= 15 is 0 Å². The van der Waals surface area contributed by atoms with Crippen LogP contribution in [-0.2, 0) is 6.54 Å². The van der Waals surface area contributed by atoms with Crippen molar-refractivity contribution in [1.29, 1.82) is 0 Å². The van der Waals surface area contributed by atoms with Gasteiger partial charge in [0.15, 0.2) is 11.6 Å². The van der Waals surface area contributed by atoms with Crippen LogP contribution in [0.4, 0.5) is 8.78 Å². The highest BCUT2D eigenvalue weighted by molar-refractivity contribution is 5.18. The summed E-state index contributed by atoms with van der Waals surface area (Å²) >= 11 is 0. The van der Waals surface area contributed by atoms with Gasteiger partial charge in [-0.15, -0.1) is 0 Å². The molecule has 0 aliphatic heterocycles. The van der Waals surface area contributed by atoms with E-state index in [1.54, 1.807) is 18.0 Å². The number of nitrogens with zero attached hydrogens (tertiary/aromatic N) is 1. The maximum absolute atomic E-state index is 13.3. The van der Waals surface area contributed by atoms with E-state index in [0.29, 0.717) is 5.56 Å². The number of rotatable bonds is 4. The fourth-order valence-corrected chi connectivity index (χ4v) is 1.23. The number of aliphatic hydroxyl groups is 1. The molecule has 1 atom stereocenters. The minimum absolute atomic E-state index is 0.00651. The van der Waals surface area contributed by atoms with E-state index in [-0.39, 0.29) is 19.2 Å². The molecule has 0 amide bonds. The molecule has 0 aliphatic rings. The zero-order valence-corrected chi connectivity index (χ0v) is 8.87. The van der Waals surface area contributed by atoms with Gasteiger partial charge in [-0.3, -0.25) is 4.90 Å². The van der Waals surface area contributed by atoms with Gasteiger partial charge in [0.2, 0.25) is 0 Å². The first kappa shape index (κ1) is 12.1. The van der Waals surface area contributed by atoms with Crippen molar-refractivity contribution in [2.45, 2.75) is 19.5 Å². The molecule has 0 saturated carbocycles. The number of hydrogen-bond acceptors (Lipinski definition) is 2. The topological polar surface area (TPSA) is 23.5 Å². The maximum Gasteiger partial charge on any atom is 0.163 e. The number of likely N-dealkylation sites (N-methyl/N-ethyl adjacent to an activating group) is 1. The molecule has 0 aromatic heterocycles. The average molecular weight is 215 g/mol. The molecule has 1 unspecified atom stereocenters. The molecule has 4 heteroatoms. The van der Waals surface area contributed by atoms with Crippen LogP contribution in [0.25, 0.3) is 0 Å². The van der Waals surface area contributed by atoms with Gasteiger partial charge in [-0.05, 0) is 20.0 Å².